The van der Waals surface area contributed by atoms with E-state index in [0.717, 1.165) is 35.7 Å². The van der Waals surface area contributed by atoms with Gasteiger partial charge in [0.2, 0.25) is 5.91 Å². The predicted molar refractivity (Wildman–Crippen MR) is 88.0 cm³/mol. The van der Waals surface area contributed by atoms with Gasteiger partial charge in [-0.1, -0.05) is 11.8 Å². The van der Waals surface area contributed by atoms with Crippen LogP contribution in [0.5, 0.6) is 0 Å². The molecule has 1 aliphatic heterocycles. The summed E-state index contributed by atoms with van der Waals surface area (Å²) in [5.74, 6) is 0.317. The Labute approximate surface area is 139 Å². The van der Waals surface area contributed by atoms with Crippen LogP contribution in [0, 0.1) is 0 Å². The van der Waals surface area contributed by atoms with Crippen molar-refractivity contribution < 1.29 is 9.53 Å². The van der Waals surface area contributed by atoms with Crippen LogP contribution in [-0.4, -0.2) is 46.1 Å². The average Bonchev–Trinajstić information content (AvgIpc) is 3.13. The summed E-state index contributed by atoms with van der Waals surface area (Å²) >= 11 is 1.37. The molecule has 0 aliphatic carbocycles. The summed E-state index contributed by atoms with van der Waals surface area (Å²) in [7, 11) is 0. The molecule has 0 bridgehead atoms. The zero-order valence-corrected chi connectivity index (χ0v) is 13.5. The lowest BCUT2D eigenvalue weighted by Crippen LogP contribution is -2.32. The molecule has 1 amide bonds. The molecule has 0 spiro atoms. The molecule has 0 radical (unpaired) electrons. The lowest BCUT2D eigenvalue weighted by atomic mass is 10.2. The van der Waals surface area contributed by atoms with Gasteiger partial charge in [-0.25, -0.2) is 0 Å². The van der Waals surface area contributed by atoms with E-state index < -0.39 is 0 Å². The van der Waals surface area contributed by atoms with Crippen molar-refractivity contribution in [3.8, 4) is 11.3 Å². The van der Waals surface area contributed by atoms with Crippen LogP contribution in [-0.2, 0) is 9.53 Å². The average molecular weight is 330 g/mol. The smallest absolute Gasteiger partial charge is 0.230 e. The Morgan fingerprint density at radius 2 is 2.30 bits per heavy atom. The van der Waals surface area contributed by atoms with E-state index in [-0.39, 0.29) is 12.0 Å². The SMILES string of the molecule is O=C(CSc1ccc(-c2cccnc2)nn1)NC[C@@H]1CCCO1. The number of hydrogen-bond donors (Lipinski definition) is 1. The van der Waals surface area contributed by atoms with E-state index in [9.17, 15) is 4.79 Å². The normalized spacial score (nSPS) is 17.1. The third-order valence-corrected chi connectivity index (χ3v) is 4.42. The highest BCUT2D eigenvalue weighted by Gasteiger charge is 2.16. The third kappa shape index (κ3) is 4.74. The zero-order chi connectivity index (χ0) is 15.9. The molecule has 2 aromatic rings. The first-order valence-electron chi connectivity index (χ1n) is 7.56. The summed E-state index contributed by atoms with van der Waals surface area (Å²) in [6.07, 6.45) is 5.73. The Balaban J connectivity index is 1.45. The van der Waals surface area contributed by atoms with Crippen molar-refractivity contribution in [3.05, 3.63) is 36.7 Å². The highest BCUT2D eigenvalue weighted by molar-refractivity contribution is 7.99. The topological polar surface area (TPSA) is 77.0 Å². The Morgan fingerprint density at radius 3 is 3.00 bits per heavy atom. The van der Waals surface area contributed by atoms with Gasteiger partial charge in [-0.05, 0) is 37.1 Å². The number of thioether (sulfide) groups is 1. The number of carbonyl (C=O) groups excluding carboxylic acids is 1. The van der Waals surface area contributed by atoms with E-state index in [4.69, 9.17) is 4.74 Å². The Hall–Kier alpha value is -1.99. The van der Waals surface area contributed by atoms with Gasteiger partial charge >= 0.3 is 0 Å². The number of aromatic nitrogens is 3. The van der Waals surface area contributed by atoms with Gasteiger partial charge in [-0.2, -0.15) is 0 Å². The Morgan fingerprint density at radius 1 is 1.35 bits per heavy atom. The van der Waals surface area contributed by atoms with Gasteiger partial charge in [0.25, 0.3) is 0 Å². The molecule has 2 aromatic heterocycles. The minimum Gasteiger partial charge on any atom is -0.376 e. The first-order valence-corrected chi connectivity index (χ1v) is 8.55. The van der Waals surface area contributed by atoms with Gasteiger partial charge in [0, 0.05) is 31.1 Å². The summed E-state index contributed by atoms with van der Waals surface area (Å²) in [5.41, 5.74) is 1.69. The minimum atomic E-state index is -0.0105. The first kappa shape index (κ1) is 15.9. The number of nitrogens with one attached hydrogen (secondary N) is 1. The molecule has 120 valence electrons. The number of rotatable bonds is 6. The fourth-order valence-corrected chi connectivity index (χ4v) is 2.93. The van der Waals surface area contributed by atoms with Crippen molar-refractivity contribution in [1.82, 2.24) is 20.5 Å². The molecule has 1 N–H and O–H groups in total. The standard InChI is InChI=1S/C16H18N4O2S/c21-15(18-10-13-4-2-8-22-13)11-23-16-6-5-14(19-20-16)12-3-1-7-17-9-12/h1,3,5-7,9,13H,2,4,8,10-11H2,(H,18,21)/t13-/m0/s1. The summed E-state index contributed by atoms with van der Waals surface area (Å²) in [5, 5.41) is 11.9. The van der Waals surface area contributed by atoms with Gasteiger partial charge in [0.1, 0.15) is 5.03 Å². The zero-order valence-electron chi connectivity index (χ0n) is 12.6. The molecule has 1 atom stereocenters. The van der Waals surface area contributed by atoms with Crippen LogP contribution >= 0.6 is 11.8 Å². The van der Waals surface area contributed by atoms with Crippen molar-refractivity contribution in [1.29, 1.82) is 0 Å². The molecule has 23 heavy (non-hydrogen) atoms. The summed E-state index contributed by atoms with van der Waals surface area (Å²) in [4.78, 5) is 15.9. The summed E-state index contributed by atoms with van der Waals surface area (Å²) in [6.45, 7) is 1.39. The molecule has 3 rings (SSSR count). The molecule has 1 saturated heterocycles. The monoisotopic (exact) mass is 330 g/mol. The quantitative estimate of drug-likeness (QED) is 0.816. The van der Waals surface area contributed by atoms with Crippen molar-refractivity contribution in [2.24, 2.45) is 0 Å². The van der Waals surface area contributed by atoms with E-state index in [1.54, 1.807) is 12.4 Å². The lowest BCUT2D eigenvalue weighted by molar-refractivity contribution is -0.119. The van der Waals surface area contributed by atoms with Crippen LogP contribution < -0.4 is 5.32 Å². The molecule has 7 heteroatoms. The van der Waals surface area contributed by atoms with Crippen LogP contribution in [0.1, 0.15) is 12.8 Å². The van der Waals surface area contributed by atoms with Crippen LogP contribution in [0.2, 0.25) is 0 Å². The van der Waals surface area contributed by atoms with Crippen LogP contribution in [0.15, 0.2) is 41.7 Å². The van der Waals surface area contributed by atoms with Crippen molar-refractivity contribution in [2.75, 3.05) is 18.9 Å². The first-order chi connectivity index (χ1) is 11.3. The maximum Gasteiger partial charge on any atom is 0.230 e. The maximum absolute atomic E-state index is 11.8. The molecule has 0 unspecified atom stereocenters. The van der Waals surface area contributed by atoms with E-state index in [0.29, 0.717) is 12.3 Å². The number of nitrogens with zero attached hydrogens (tertiary/aromatic N) is 3. The number of pyridine rings is 1. The van der Waals surface area contributed by atoms with Gasteiger partial charge in [0.05, 0.1) is 17.6 Å². The van der Waals surface area contributed by atoms with Crippen molar-refractivity contribution >= 4 is 17.7 Å². The van der Waals surface area contributed by atoms with Crippen LogP contribution in [0.3, 0.4) is 0 Å². The second kappa shape index (κ2) is 8.03. The second-order valence-electron chi connectivity index (χ2n) is 5.23. The number of carbonyl (C=O) groups is 1. The van der Waals surface area contributed by atoms with E-state index >= 15 is 0 Å². The molecule has 6 nitrogen and oxygen atoms in total. The number of ether oxygens (including phenoxy) is 1. The molecule has 1 fully saturated rings. The van der Waals surface area contributed by atoms with Gasteiger partial charge in [-0.15, -0.1) is 10.2 Å². The van der Waals surface area contributed by atoms with Crippen LogP contribution in [0.25, 0.3) is 11.3 Å². The second-order valence-corrected chi connectivity index (χ2v) is 6.22. The van der Waals surface area contributed by atoms with E-state index in [2.05, 4.69) is 20.5 Å². The third-order valence-electron chi connectivity index (χ3n) is 3.50. The van der Waals surface area contributed by atoms with Gasteiger partial charge < -0.3 is 10.1 Å². The summed E-state index contributed by atoms with van der Waals surface area (Å²) < 4.78 is 5.47. The minimum absolute atomic E-state index is 0.0105. The molecular weight excluding hydrogens is 312 g/mol. The maximum atomic E-state index is 11.8. The lowest BCUT2D eigenvalue weighted by Gasteiger charge is -2.10. The number of hydrogen-bond acceptors (Lipinski definition) is 6. The fraction of sp³-hybridized carbons (Fsp3) is 0.375. The molecule has 0 saturated carbocycles. The van der Waals surface area contributed by atoms with Crippen molar-refractivity contribution in [3.63, 3.8) is 0 Å². The molecule has 0 aromatic carbocycles. The van der Waals surface area contributed by atoms with Gasteiger partial charge in [-0.3, -0.25) is 9.78 Å². The molecular formula is C16H18N4O2S. The predicted octanol–water partition coefficient (Wildman–Crippen LogP) is 1.93. The van der Waals surface area contributed by atoms with Gasteiger partial charge in [0.15, 0.2) is 0 Å². The van der Waals surface area contributed by atoms with Crippen molar-refractivity contribution in [2.45, 2.75) is 24.0 Å². The highest BCUT2D eigenvalue weighted by Crippen LogP contribution is 2.18. The van der Waals surface area contributed by atoms with E-state index in [1.165, 1.54) is 11.8 Å². The summed E-state index contributed by atoms with van der Waals surface area (Å²) in [6, 6.07) is 7.55. The molecule has 3 heterocycles. The number of amides is 1. The highest BCUT2D eigenvalue weighted by atomic mass is 32.2. The largest absolute Gasteiger partial charge is 0.376 e. The van der Waals surface area contributed by atoms with Crippen LogP contribution in [0.4, 0.5) is 0 Å². The molecule has 1 aliphatic rings. The Bertz CT molecular complexity index is 630. The fourth-order valence-electron chi connectivity index (χ4n) is 2.29. The Kier molecular flexibility index (Phi) is 5.55. The van der Waals surface area contributed by atoms with E-state index in [1.807, 2.05) is 24.3 Å².